The Morgan fingerprint density at radius 3 is 2.76 bits per heavy atom. The van der Waals surface area contributed by atoms with Crippen molar-refractivity contribution in [1.29, 1.82) is 0 Å². The van der Waals surface area contributed by atoms with Crippen LogP contribution in [-0.4, -0.2) is 24.7 Å². The monoisotopic (exact) mass is 365 g/mol. The lowest BCUT2D eigenvalue weighted by Gasteiger charge is -2.06. The minimum atomic E-state index is 0.660. The predicted octanol–water partition coefficient (Wildman–Crippen LogP) is 4.43. The average Bonchev–Trinajstić information content (AvgIpc) is 3.24. The highest BCUT2D eigenvalue weighted by Gasteiger charge is 2.14. The van der Waals surface area contributed by atoms with Crippen LogP contribution in [0, 0.1) is 0 Å². The largest absolute Gasteiger partial charge is 0.298 e. The van der Waals surface area contributed by atoms with E-state index >= 15 is 0 Å². The Morgan fingerprint density at radius 2 is 1.96 bits per heavy atom. The number of para-hydroxylation sites is 1. The number of pyridine rings is 1. The van der Waals surface area contributed by atoms with Crippen LogP contribution in [-0.2, 0) is 12.3 Å². The molecule has 0 saturated heterocycles. The Morgan fingerprint density at radius 1 is 1.12 bits per heavy atom. The van der Waals surface area contributed by atoms with Crippen molar-refractivity contribution in [3.8, 4) is 11.4 Å². The maximum Gasteiger partial charge on any atom is 0.192 e. The van der Waals surface area contributed by atoms with Gasteiger partial charge >= 0.3 is 0 Å². The van der Waals surface area contributed by atoms with Gasteiger partial charge in [0.25, 0.3) is 0 Å². The summed E-state index contributed by atoms with van der Waals surface area (Å²) in [4.78, 5) is 8.74. The van der Waals surface area contributed by atoms with Crippen molar-refractivity contribution in [3.05, 3.63) is 66.5 Å². The molecule has 124 valence electrons. The molecule has 7 heteroatoms. The number of hydrogen-bond donors (Lipinski definition) is 0. The van der Waals surface area contributed by atoms with E-state index < -0.39 is 0 Å². The molecular weight excluding hydrogens is 350 g/mol. The summed E-state index contributed by atoms with van der Waals surface area (Å²) in [6.45, 7) is 4.51. The molecule has 0 saturated carbocycles. The van der Waals surface area contributed by atoms with Gasteiger partial charge in [-0.15, -0.1) is 28.1 Å². The first-order chi connectivity index (χ1) is 12.3. The van der Waals surface area contributed by atoms with Crippen LogP contribution in [0.2, 0.25) is 0 Å². The van der Waals surface area contributed by atoms with Crippen molar-refractivity contribution in [3.63, 3.8) is 0 Å². The first-order valence-electron chi connectivity index (χ1n) is 7.77. The van der Waals surface area contributed by atoms with E-state index in [1.54, 1.807) is 35.5 Å². The van der Waals surface area contributed by atoms with Crippen LogP contribution in [0.1, 0.15) is 5.01 Å². The van der Waals surface area contributed by atoms with Crippen molar-refractivity contribution in [2.75, 3.05) is 0 Å². The lowest BCUT2D eigenvalue weighted by atomic mass is 10.2. The molecular formula is C18H15N5S2. The van der Waals surface area contributed by atoms with Crippen LogP contribution in [0.25, 0.3) is 21.6 Å². The summed E-state index contributed by atoms with van der Waals surface area (Å²) in [6, 6.07) is 12.1. The molecule has 3 heterocycles. The summed E-state index contributed by atoms with van der Waals surface area (Å²) in [5.74, 6) is 1.60. The number of fused-ring (bicyclic) bond motifs is 1. The maximum atomic E-state index is 4.68. The Kier molecular flexibility index (Phi) is 4.58. The van der Waals surface area contributed by atoms with Gasteiger partial charge in [-0.3, -0.25) is 9.55 Å². The fourth-order valence-electron chi connectivity index (χ4n) is 2.51. The number of thioether (sulfide) groups is 1. The number of benzene rings is 1. The van der Waals surface area contributed by atoms with Gasteiger partial charge in [0.1, 0.15) is 5.01 Å². The molecule has 0 radical (unpaired) electrons. The molecule has 0 spiro atoms. The normalized spacial score (nSPS) is 11.0. The fourth-order valence-corrected chi connectivity index (χ4v) is 4.42. The van der Waals surface area contributed by atoms with Crippen LogP contribution in [0.15, 0.2) is 66.6 Å². The van der Waals surface area contributed by atoms with Gasteiger partial charge < -0.3 is 0 Å². The van der Waals surface area contributed by atoms with Crippen LogP contribution in [0.5, 0.6) is 0 Å². The lowest BCUT2D eigenvalue weighted by molar-refractivity contribution is 0.731. The Hall–Kier alpha value is -2.51. The van der Waals surface area contributed by atoms with Crippen molar-refractivity contribution in [2.24, 2.45) is 0 Å². The van der Waals surface area contributed by atoms with Gasteiger partial charge in [0.2, 0.25) is 0 Å². The highest BCUT2D eigenvalue weighted by molar-refractivity contribution is 7.98. The summed E-state index contributed by atoms with van der Waals surface area (Å²) in [7, 11) is 0. The summed E-state index contributed by atoms with van der Waals surface area (Å²) in [5, 5.41) is 10.7. The van der Waals surface area contributed by atoms with E-state index in [1.807, 2.05) is 36.4 Å². The topological polar surface area (TPSA) is 56.5 Å². The van der Waals surface area contributed by atoms with Gasteiger partial charge in [-0.25, -0.2) is 4.98 Å². The van der Waals surface area contributed by atoms with E-state index in [0.717, 1.165) is 32.8 Å². The highest BCUT2D eigenvalue weighted by atomic mass is 32.2. The second-order valence-electron chi connectivity index (χ2n) is 5.31. The third-order valence-electron chi connectivity index (χ3n) is 3.63. The summed E-state index contributed by atoms with van der Waals surface area (Å²) < 4.78 is 3.28. The first kappa shape index (κ1) is 16.0. The SMILES string of the molecule is C=CCn1c(SCc2nc3ccccc3s2)nnc1-c1ccncc1. The van der Waals surface area contributed by atoms with Gasteiger partial charge in [-0.1, -0.05) is 30.0 Å². The van der Waals surface area contributed by atoms with Crippen LogP contribution < -0.4 is 0 Å². The maximum absolute atomic E-state index is 4.68. The van der Waals surface area contributed by atoms with Crippen LogP contribution in [0.3, 0.4) is 0 Å². The molecule has 5 nitrogen and oxygen atoms in total. The van der Waals surface area contributed by atoms with Crippen molar-refractivity contribution < 1.29 is 0 Å². The molecule has 0 atom stereocenters. The molecule has 4 rings (SSSR count). The summed E-state index contributed by atoms with van der Waals surface area (Å²) in [6.07, 6.45) is 5.38. The number of thiazole rings is 1. The Labute approximate surface area is 153 Å². The average molecular weight is 365 g/mol. The van der Waals surface area contributed by atoms with Gasteiger partial charge in [0, 0.05) is 24.5 Å². The fraction of sp³-hybridized carbons (Fsp3) is 0.111. The minimum Gasteiger partial charge on any atom is -0.298 e. The number of hydrogen-bond acceptors (Lipinski definition) is 6. The number of aromatic nitrogens is 5. The molecule has 0 aliphatic rings. The third-order valence-corrected chi connectivity index (χ3v) is 5.83. The smallest absolute Gasteiger partial charge is 0.192 e. The van der Waals surface area contributed by atoms with Crippen LogP contribution >= 0.6 is 23.1 Å². The number of nitrogens with zero attached hydrogens (tertiary/aromatic N) is 5. The van der Waals surface area contributed by atoms with Gasteiger partial charge in [-0.2, -0.15) is 0 Å². The van der Waals surface area contributed by atoms with Crippen molar-refractivity contribution in [2.45, 2.75) is 17.5 Å². The number of rotatable bonds is 6. The first-order valence-corrected chi connectivity index (χ1v) is 9.57. The second kappa shape index (κ2) is 7.16. The van der Waals surface area contributed by atoms with E-state index in [0.29, 0.717) is 6.54 Å². The zero-order valence-electron chi connectivity index (χ0n) is 13.4. The Bertz CT molecular complexity index is 974. The molecule has 0 N–H and O–H groups in total. The molecule has 25 heavy (non-hydrogen) atoms. The molecule has 0 unspecified atom stereocenters. The van der Waals surface area contributed by atoms with E-state index in [1.165, 1.54) is 4.70 Å². The second-order valence-corrected chi connectivity index (χ2v) is 7.36. The molecule has 3 aromatic heterocycles. The molecule has 0 aliphatic heterocycles. The van der Waals surface area contributed by atoms with Crippen molar-refractivity contribution in [1.82, 2.24) is 24.7 Å². The molecule has 0 fully saturated rings. The standard InChI is InChI=1S/C18H15N5S2/c1-2-11-23-17(13-7-9-19-10-8-13)21-22-18(23)24-12-16-20-14-5-3-4-6-15(14)25-16/h2-10H,1,11-12H2. The molecule has 0 bridgehead atoms. The zero-order chi connectivity index (χ0) is 17.1. The molecule has 4 aromatic rings. The predicted molar refractivity (Wildman–Crippen MR) is 103 cm³/mol. The quantitative estimate of drug-likeness (QED) is 0.374. The van der Waals surface area contributed by atoms with Crippen molar-refractivity contribution >= 4 is 33.3 Å². The summed E-state index contributed by atoms with van der Waals surface area (Å²) >= 11 is 3.37. The Balaban J connectivity index is 1.59. The summed E-state index contributed by atoms with van der Waals surface area (Å²) in [5.41, 5.74) is 2.05. The zero-order valence-corrected chi connectivity index (χ0v) is 15.0. The molecule has 1 aromatic carbocycles. The van der Waals surface area contributed by atoms with E-state index in [4.69, 9.17) is 0 Å². The minimum absolute atomic E-state index is 0.660. The van der Waals surface area contributed by atoms with Gasteiger partial charge in [0.15, 0.2) is 11.0 Å². The van der Waals surface area contributed by atoms with Gasteiger partial charge in [-0.05, 0) is 24.3 Å². The number of allylic oxidation sites excluding steroid dienone is 1. The lowest BCUT2D eigenvalue weighted by Crippen LogP contribution is -2.00. The van der Waals surface area contributed by atoms with E-state index in [2.05, 4.69) is 37.4 Å². The molecule has 0 aliphatic carbocycles. The highest BCUT2D eigenvalue weighted by Crippen LogP contribution is 2.29. The third kappa shape index (κ3) is 3.33. The molecule has 0 amide bonds. The van der Waals surface area contributed by atoms with Gasteiger partial charge in [0.05, 0.1) is 16.0 Å². The van der Waals surface area contributed by atoms with E-state index in [9.17, 15) is 0 Å². The van der Waals surface area contributed by atoms with E-state index in [-0.39, 0.29) is 0 Å². The van der Waals surface area contributed by atoms with Crippen LogP contribution in [0.4, 0.5) is 0 Å².